The number of carbonyl (C=O) groups excluding carboxylic acids is 2. The van der Waals surface area contributed by atoms with Crippen molar-refractivity contribution < 1.29 is 28.5 Å². The third kappa shape index (κ3) is 9.88. The molecule has 8 rings (SSSR count). The number of hydrogen-bond donors (Lipinski definition) is 1. The summed E-state index contributed by atoms with van der Waals surface area (Å²) in [5, 5.41) is 3.65. The molecule has 0 radical (unpaired) electrons. The summed E-state index contributed by atoms with van der Waals surface area (Å²) < 4.78 is 23.4. The van der Waals surface area contributed by atoms with Crippen LogP contribution in [0.15, 0.2) is 79.0 Å². The van der Waals surface area contributed by atoms with Gasteiger partial charge in [-0.2, -0.15) is 0 Å². The first kappa shape index (κ1) is 40.7. The summed E-state index contributed by atoms with van der Waals surface area (Å²) in [6.07, 6.45) is 6.96. The SMILES string of the molecule is Cc1c(OCC[C@@H]2CC23CCN(CCOCCOC(=O)OC(C)(C)C)CC3)cccc1-c1ccc(N2CCc3cccc(C(=O)Nc4nc5ccccc5s4)c3C2)nc1. The number of ether oxygens (including phenoxy) is 4. The lowest BCUT2D eigenvalue weighted by Crippen LogP contribution is -2.37. The van der Waals surface area contributed by atoms with Crippen molar-refractivity contribution in [2.75, 3.05) is 62.8 Å². The Morgan fingerprint density at radius 1 is 0.932 bits per heavy atom. The van der Waals surface area contributed by atoms with Gasteiger partial charge in [0.15, 0.2) is 5.13 Å². The molecule has 11 nitrogen and oxygen atoms in total. The van der Waals surface area contributed by atoms with E-state index in [9.17, 15) is 9.59 Å². The average Bonchev–Trinajstić information content (AvgIpc) is 3.72. The maximum absolute atomic E-state index is 13.5. The molecule has 1 atom stereocenters. The van der Waals surface area contributed by atoms with E-state index in [1.165, 1.54) is 36.2 Å². The Bertz CT molecular complexity index is 2230. The number of likely N-dealkylation sites (tertiary alicyclic amines) is 1. The van der Waals surface area contributed by atoms with Crippen LogP contribution in [0.4, 0.5) is 15.7 Å². The lowest BCUT2D eigenvalue weighted by atomic mass is 9.90. The normalized spacial score (nSPS) is 17.4. The largest absolute Gasteiger partial charge is 0.508 e. The van der Waals surface area contributed by atoms with Gasteiger partial charge in [0.2, 0.25) is 0 Å². The van der Waals surface area contributed by atoms with Gasteiger partial charge in [0, 0.05) is 37.0 Å². The summed E-state index contributed by atoms with van der Waals surface area (Å²) >= 11 is 1.49. The van der Waals surface area contributed by atoms with Crippen LogP contribution in [0.25, 0.3) is 21.3 Å². The minimum absolute atomic E-state index is 0.137. The number of nitrogens with zero attached hydrogens (tertiary/aromatic N) is 4. The predicted octanol–water partition coefficient (Wildman–Crippen LogP) is 9.32. The number of amides is 1. The lowest BCUT2D eigenvalue weighted by Gasteiger charge is -2.33. The van der Waals surface area contributed by atoms with E-state index in [0.29, 0.717) is 42.5 Å². The minimum Gasteiger partial charge on any atom is -0.493 e. The van der Waals surface area contributed by atoms with Crippen LogP contribution >= 0.6 is 11.3 Å². The summed E-state index contributed by atoms with van der Waals surface area (Å²) in [5.41, 5.74) is 7.00. The van der Waals surface area contributed by atoms with E-state index in [-0.39, 0.29) is 12.5 Å². The number of hydrogen-bond acceptors (Lipinski definition) is 11. The zero-order valence-electron chi connectivity index (χ0n) is 34.6. The number of anilines is 2. The smallest absolute Gasteiger partial charge is 0.493 e. The lowest BCUT2D eigenvalue weighted by molar-refractivity contribution is -0.0204. The molecule has 12 heteroatoms. The Hall–Kier alpha value is -5.04. The molecule has 0 unspecified atom stereocenters. The van der Waals surface area contributed by atoms with Crippen molar-refractivity contribution in [1.29, 1.82) is 0 Å². The van der Waals surface area contributed by atoms with Crippen molar-refractivity contribution in [3.63, 3.8) is 0 Å². The Kier molecular flexibility index (Phi) is 12.2. The molecule has 3 aliphatic rings. The van der Waals surface area contributed by atoms with E-state index < -0.39 is 11.8 Å². The van der Waals surface area contributed by atoms with Gasteiger partial charge in [-0.15, -0.1) is 0 Å². The second-order valence-electron chi connectivity index (χ2n) is 17.1. The van der Waals surface area contributed by atoms with Crippen molar-refractivity contribution in [3.8, 4) is 16.9 Å². The number of para-hydroxylation sites is 1. The third-order valence-corrected chi connectivity index (χ3v) is 13.0. The van der Waals surface area contributed by atoms with Crippen molar-refractivity contribution >= 4 is 44.6 Å². The maximum atomic E-state index is 13.5. The van der Waals surface area contributed by atoms with E-state index in [4.69, 9.17) is 23.9 Å². The van der Waals surface area contributed by atoms with E-state index >= 15 is 0 Å². The van der Waals surface area contributed by atoms with Crippen LogP contribution in [0, 0.1) is 18.3 Å². The number of pyridine rings is 1. The number of aromatic nitrogens is 2. The van der Waals surface area contributed by atoms with Crippen LogP contribution in [-0.2, 0) is 27.2 Å². The van der Waals surface area contributed by atoms with Crippen molar-refractivity contribution in [3.05, 3.63) is 101 Å². The monoisotopic (exact) mass is 817 g/mol. The molecule has 1 saturated carbocycles. The average molecular weight is 818 g/mol. The van der Waals surface area contributed by atoms with E-state index in [1.54, 1.807) is 0 Å². The molecule has 1 N–H and O–H groups in total. The molecule has 2 aromatic heterocycles. The molecular formula is C47H55N5O6S. The fourth-order valence-corrected chi connectivity index (χ4v) is 9.50. The van der Waals surface area contributed by atoms with E-state index in [1.807, 2.05) is 63.4 Å². The van der Waals surface area contributed by atoms with E-state index in [0.717, 1.165) is 89.0 Å². The molecule has 0 bridgehead atoms. The number of fused-ring (bicyclic) bond motifs is 2. The topological polar surface area (TPSA) is 115 Å². The van der Waals surface area contributed by atoms with Gasteiger partial charge in [0.25, 0.3) is 5.91 Å². The highest BCUT2D eigenvalue weighted by Crippen LogP contribution is 2.60. The van der Waals surface area contributed by atoms with Crippen molar-refractivity contribution in [2.45, 2.75) is 71.9 Å². The highest BCUT2D eigenvalue weighted by atomic mass is 32.1. The second-order valence-corrected chi connectivity index (χ2v) is 18.1. The van der Waals surface area contributed by atoms with Crippen LogP contribution in [0.5, 0.6) is 5.75 Å². The van der Waals surface area contributed by atoms with Gasteiger partial charge < -0.3 is 28.7 Å². The van der Waals surface area contributed by atoms with Crippen LogP contribution < -0.4 is 15.0 Å². The first-order valence-corrected chi connectivity index (χ1v) is 21.7. The maximum Gasteiger partial charge on any atom is 0.508 e. The van der Waals surface area contributed by atoms with Gasteiger partial charge in [-0.3, -0.25) is 10.1 Å². The molecule has 4 heterocycles. The summed E-state index contributed by atoms with van der Waals surface area (Å²) in [6, 6.07) is 24.4. The van der Waals surface area contributed by atoms with Crippen LogP contribution in [0.1, 0.15) is 73.5 Å². The zero-order valence-corrected chi connectivity index (χ0v) is 35.4. The summed E-state index contributed by atoms with van der Waals surface area (Å²) in [5.74, 6) is 2.40. The number of piperidine rings is 1. The van der Waals surface area contributed by atoms with Crippen LogP contribution in [0.3, 0.4) is 0 Å². The molecule has 2 aliphatic heterocycles. The molecule has 310 valence electrons. The van der Waals surface area contributed by atoms with Crippen LogP contribution in [0.2, 0.25) is 0 Å². The summed E-state index contributed by atoms with van der Waals surface area (Å²) in [7, 11) is 0. The molecule has 1 saturated heterocycles. The Morgan fingerprint density at radius 3 is 2.56 bits per heavy atom. The number of thiazole rings is 1. The number of carbonyl (C=O) groups is 2. The van der Waals surface area contributed by atoms with Crippen molar-refractivity contribution in [2.24, 2.45) is 11.3 Å². The highest BCUT2D eigenvalue weighted by Gasteiger charge is 2.54. The van der Waals surface area contributed by atoms with Gasteiger partial charge in [-0.1, -0.05) is 47.7 Å². The van der Waals surface area contributed by atoms with Gasteiger partial charge in [0.05, 0.1) is 30.0 Å². The Balaban J connectivity index is 0.787. The molecule has 1 spiro atoms. The van der Waals surface area contributed by atoms with Crippen molar-refractivity contribution in [1.82, 2.24) is 14.9 Å². The van der Waals surface area contributed by atoms with E-state index in [2.05, 4.69) is 63.4 Å². The molecule has 5 aromatic rings. The van der Waals surface area contributed by atoms with Crippen LogP contribution in [-0.4, -0.2) is 85.1 Å². The number of nitrogens with one attached hydrogen (secondary N) is 1. The van der Waals surface area contributed by atoms with Gasteiger partial charge >= 0.3 is 6.16 Å². The molecule has 3 aromatic carbocycles. The predicted molar refractivity (Wildman–Crippen MR) is 233 cm³/mol. The van der Waals surface area contributed by atoms with Gasteiger partial charge in [-0.25, -0.2) is 14.8 Å². The molecule has 2 fully saturated rings. The fourth-order valence-electron chi connectivity index (χ4n) is 8.64. The Morgan fingerprint density at radius 2 is 1.76 bits per heavy atom. The molecule has 1 amide bonds. The quantitative estimate of drug-likeness (QED) is 0.0859. The summed E-state index contributed by atoms with van der Waals surface area (Å²) in [6.45, 7) is 14.0. The fraction of sp³-hybridized carbons (Fsp3) is 0.447. The highest BCUT2D eigenvalue weighted by molar-refractivity contribution is 7.22. The summed E-state index contributed by atoms with van der Waals surface area (Å²) in [4.78, 5) is 39.5. The first-order chi connectivity index (χ1) is 28.5. The molecule has 1 aliphatic carbocycles. The van der Waals surface area contributed by atoms with Gasteiger partial charge in [-0.05, 0) is 143 Å². The Labute approximate surface area is 351 Å². The first-order valence-electron chi connectivity index (χ1n) is 20.9. The zero-order chi connectivity index (χ0) is 41.0. The van der Waals surface area contributed by atoms with Gasteiger partial charge in [0.1, 0.15) is 23.8 Å². The number of benzene rings is 3. The second kappa shape index (κ2) is 17.7. The number of rotatable bonds is 14. The third-order valence-electron chi connectivity index (χ3n) is 12.0. The minimum atomic E-state index is -0.655. The molecule has 59 heavy (non-hydrogen) atoms. The molecular weight excluding hydrogens is 763 g/mol. The standard InChI is InChI=1S/C47H55N5O6S/c1-32-36(10-8-13-40(32)56-25-18-35-29-47(35)19-22-51(23-20-47)24-26-55-27-28-57-45(54)58-46(2,3)4)34-15-16-42(48-30-34)52-21-17-33-9-7-11-37(38(33)31-52)43(53)50-44-49-39-12-5-6-14-41(39)59-44/h5-16,30,35H,17-29,31H2,1-4H3,(H,49,50,53)/t35-/m1/s1.